The van der Waals surface area contributed by atoms with Crippen molar-refractivity contribution in [3.63, 3.8) is 0 Å². The largest absolute Gasteiger partial charge is 0.381 e. The average Bonchev–Trinajstić information content (AvgIpc) is 1.79. The molecule has 0 amide bonds. The Morgan fingerprint density at radius 1 is 1.50 bits per heavy atom. The minimum Gasteiger partial charge on any atom is -0.381 e. The Morgan fingerprint density at radius 3 is 2.50 bits per heavy atom. The van der Waals surface area contributed by atoms with Crippen molar-refractivity contribution in [1.29, 1.82) is 0 Å². The van der Waals surface area contributed by atoms with E-state index in [4.69, 9.17) is 4.74 Å². The van der Waals surface area contributed by atoms with Gasteiger partial charge in [0, 0.05) is 6.61 Å². The molecule has 10 heavy (non-hydrogen) atoms. The van der Waals surface area contributed by atoms with Gasteiger partial charge in [-0.25, -0.2) is 9.90 Å². The SMILES string of the molecule is CC(C)COCCC([O])=O. The number of hydrogen-bond donors (Lipinski definition) is 0. The molecule has 0 unspecified atom stereocenters. The van der Waals surface area contributed by atoms with Gasteiger partial charge in [-0.2, -0.15) is 0 Å². The monoisotopic (exact) mass is 145 g/mol. The first-order valence-electron chi connectivity index (χ1n) is 3.40. The third kappa shape index (κ3) is 7.43. The highest BCUT2D eigenvalue weighted by Crippen LogP contribution is 1.92. The van der Waals surface area contributed by atoms with E-state index in [-0.39, 0.29) is 13.0 Å². The molecule has 0 aliphatic rings. The van der Waals surface area contributed by atoms with Crippen LogP contribution in [0.15, 0.2) is 0 Å². The summed E-state index contributed by atoms with van der Waals surface area (Å²) in [6, 6.07) is 0. The van der Waals surface area contributed by atoms with Crippen LogP contribution in [0.25, 0.3) is 0 Å². The molecule has 0 aromatic heterocycles. The Bertz CT molecular complexity index is 99.0. The lowest BCUT2D eigenvalue weighted by molar-refractivity contribution is -0.144. The lowest BCUT2D eigenvalue weighted by Crippen LogP contribution is -2.06. The predicted octanol–water partition coefficient (Wildman–Crippen LogP) is 1.01. The van der Waals surface area contributed by atoms with Gasteiger partial charge in [0.15, 0.2) is 0 Å². The number of carbonyl (C=O) groups excluding carboxylic acids is 1. The molecule has 0 atom stereocenters. The molecule has 0 aromatic carbocycles. The summed E-state index contributed by atoms with van der Waals surface area (Å²) in [5.41, 5.74) is 0. The Kier molecular flexibility index (Phi) is 4.94. The molecule has 3 heteroatoms. The maximum absolute atomic E-state index is 9.85. The maximum Gasteiger partial charge on any atom is 0.357 e. The molecular formula is C7H13O3. The van der Waals surface area contributed by atoms with Crippen LogP contribution in [0.1, 0.15) is 20.3 Å². The molecule has 3 nitrogen and oxygen atoms in total. The fraction of sp³-hybridized carbons (Fsp3) is 0.857. The van der Waals surface area contributed by atoms with E-state index in [9.17, 15) is 9.90 Å². The Morgan fingerprint density at radius 2 is 2.10 bits per heavy atom. The van der Waals surface area contributed by atoms with Crippen LogP contribution in [0.4, 0.5) is 0 Å². The van der Waals surface area contributed by atoms with E-state index in [0.717, 1.165) is 0 Å². The topological polar surface area (TPSA) is 46.2 Å². The molecule has 0 rings (SSSR count). The van der Waals surface area contributed by atoms with Gasteiger partial charge >= 0.3 is 5.97 Å². The summed E-state index contributed by atoms with van der Waals surface area (Å²) in [7, 11) is 0. The molecule has 0 aliphatic heterocycles. The molecule has 59 valence electrons. The lowest BCUT2D eigenvalue weighted by Gasteiger charge is -2.03. The Hall–Kier alpha value is -0.570. The minimum absolute atomic E-state index is 0.00722. The molecule has 0 spiro atoms. The minimum atomic E-state index is -1.05. The van der Waals surface area contributed by atoms with E-state index in [0.29, 0.717) is 12.5 Å². The zero-order valence-electron chi connectivity index (χ0n) is 6.42. The van der Waals surface area contributed by atoms with Crippen LogP contribution >= 0.6 is 0 Å². The third-order valence-electron chi connectivity index (χ3n) is 0.902. The van der Waals surface area contributed by atoms with Crippen molar-refractivity contribution in [2.75, 3.05) is 13.2 Å². The Balaban J connectivity index is 2.98. The van der Waals surface area contributed by atoms with E-state index in [1.807, 2.05) is 13.8 Å². The highest BCUT2D eigenvalue weighted by molar-refractivity contribution is 5.66. The zero-order chi connectivity index (χ0) is 7.98. The molecule has 0 saturated carbocycles. The zero-order valence-corrected chi connectivity index (χ0v) is 6.42. The molecule has 0 aliphatic carbocycles. The van der Waals surface area contributed by atoms with Crippen molar-refractivity contribution >= 4 is 5.97 Å². The summed E-state index contributed by atoms with van der Waals surface area (Å²) >= 11 is 0. The van der Waals surface area contributed by atoms with Crippen LogP contribution in [0.5, 0.6) is 0 Å². The van der Waals surface area contributed by atoms with Crippen LogP contribution in [0.3, 0.4) is 0 Å². The molecule has 0 fully saturated rings. The van der Waals surface area contributed by atoms with Crippen LogP contribution in [0.2, 0.25) is 0 Å². The van der Waals surface area contributed by atoms with Crippen LogP contribution in [-0.2, 0) is 14.6 Å². The first kappa shape index (κ1) is 9.43. The van der Waals surface area contributed by atoms with Gasteiger partial charge in [0.05, 0.1) is 13.0 Å². The fourth-order valence-corrected chi connectivity index (χ4v) is 0.475. The second-order valence-corrected chi connectivity index (χ2v) is 2.59. The molecule has 0 bridgehead atoms. The van der Waals surface area contributed by atoms with Gasteiger partial charge in [-0.15, -0.1) is 0 Å². The van der Waals surface area contributed by atoms with Crippen molar-refractivity contribution in [3.05, 3.63) is 0 Å². The van der Waals surface area contributed by atoms with E-state index >= 15 is 0 Å². The first-order chi connectivity index (χ1) is 4.63. The summed E-state index contributed by atoms with van der Waals surface area (Å²) in [5.74, 6) is -0.592. The smallest absolute Gasteiger partial charge is 0.357 e. The highest BCUT2D eigenvalue weighted by Gasteiger charge is 1.99. The summed E-state index contributed by atoms with van der Waals surface area (Å²) in [6.45, 7) is 4.91. The summed E-state index contributed by atoms with van der Waals surface area (Å²) in [4.78, 5) is 9.85. The van der Waals surface area contributed by atoms with E-state index in [1.165, 1.54) is 0 Å². The van der Waals surface area contributed by atoms with E-state index < -0.39 is 5.97 Å². The van der Waals surface area contributed by atoms with E-state index in [2.05, 4.69) is 0 Å². The average molecular weight is 145 g/mol. The van der Waals surface area contributed by atoms with Crippen LogP contribution < -0.4 is 0 Å². The van der Waals surface area contributed by atoms with Crippen molar-refractivity contribution in [3.8, 4) is 0 Å². The standard InChI is InChI=1S/C7H13O3/c1-6(2)5-10-4-3-7(8)9/h6H,3-5H2,1-2H3. The number of ether oxygens (including phenoxy) is 1. The predicted molar refractivity (Wildman–Crippen MR) is 36.0 cm³/mol. The summed E-state index contributed by atoms with van der Waals surface area (Å²) in [6.07, 6.45) is -0.00722. The van der Waals surface area contributed by atoms with Gasteiger partial charge < -0.3 is 4.74 Å². The quantitative estimate of drug-likeness (QED) is 0.542. The van der Waals surface area contributed by atoms with Crippen molar-refractivity contribution < 1.29 is 14.6 Å². The van der Waals surface area contributed by atoms with E-state index in [1.54, 1.807) is 0 Å². The maximum atomic E-state index is 9.85. The van der Waals surface area contributed by atoms with Crippen LogP contribution in [0, 0.1) is 5.92 Å². The fourth-order valence-electron chi connectivity index (χ4n) is 0.475. The molecule has 0 aromatic rings. The molecule has 0 saturated heterocycles. The molecule has 0 heterocycles. The third-order valence-corrected chi connectivity index (χ3v) is 0.902. The molecule has 1 radical (unpaired) electrons. The highest BCUT2D eigenvalue weighted by atomic mass is 16.5. The summed E-state index contributed by atoms with van der Waals surface area (Å²) < 4.78 is 4.99. The normalized spacial score (nSPS) is 10.3. The van der Waals surface area contributed by atoms with Crippen LogP contribution in [-0.4, -0.2) is 19.2 Å². The first-order valence-corrected chi connectivity index (χ1v) is 3.40. The van der Waals surface area contributed by atoms with Gasteiger partial charge in [-0.1, -0.05) is 13.8 Å². The number of carbonyl (C=O) groups is 1. The van der Waals surface area contributed by atoms with Gasteiger partial charge in [0.1, 0.15) is 0 Å². The number of hydrogen-bond acceptors (Lipinski definition) is 2. The van der Waals surface area contributed by atoms with Gasteiger partial charge in [0.25, 0.3) is 0 Å². The van der Waals surface area contributed by atoms with Gasteiger partial charge in [-0.05, 0) is 5.92 Å². The second kappa shape index (κ2) is 5.23. The molecular weight excluding hydrogens is 132 g/mol. The van der Waals surface area contributed by atoms with Gasteiger partial charge in [-0.3, -0.25) is 0 Å². The lowest BCUT2D eigenvalue weighted by atomic mass is 10.2. The van der Waals surface area contributed by atoms with Gasteiger partial charge in [0.2, 0.25) is 0 Å². The van der Waals surface area contributed by atoms with Crippen molar-refractivity contribution in [2.45, 2.75) is 20.3 Å². The second-order valence-electron chi connectivity index (χ2n) is 2.59. The summed E-state index contributed by atoms with van der Waals surface area (Å²) in [5, 5.41) is 9.85. The number of rotatable bonds is 5. The van der Waals surface area contributed by atoms with Crippen molar-refractivity contribution in [2.24, 2.45) is 5.92 Å². The Labute approximate surface area is 61.0 Å². The van der Waals surface area contributed by atoms with Crippen molar-refractivity contribution in [1.82, 2.24) is 0 Å². The molecule has 0 N–H and O–H groups in total.